The molecule has 2 saturated heterocycles. The highest BCUT2D eigenvalue weighted by Gasteiger charge is 2.53. The largest absolute Gasteiger partial charge is 0.369 e. The lowest BCUT2D eigenvalue weighted by Crippen LogP contribution is -2.49. The molecule has 1 aromatic heterocycles. The fourth-order valence-electron chi connectivity index (χ4n) is 6.43. The maximum absolute atomic E-state index is 15.8. The summed E-state index contributed by atoms with van der Waals surface area (Å²) in [5.41, 5.74) is 1.82. The first-order chi connectivity index (χ1) is 17.3. The molecule has 4 aliphatic rings. The lowest BCUT2D eigenvalue weighted by atomic mass is 9.73. The summed E-state index contributed by atoms with van der Waals surface area (Å²) < 4.78 is 15.8. The normalized spacial score (nSPS) is 21.8. The lowest BCUT2D eigenvalue weighted by molar-refractivity contribution is -0.123. The Morgan fingerprint density at radius 2 is 1.67 bits per heavy atom. The predicted molar refractivity (Wildman–Crippen MR) is 139 cm³/mol. The van der Waals surface area contributed by atoms with Crippen LogP contribution in [0.3, 0.4) is 0 Å². The van der Waals surface area contributed by atoms with Gasteiger partial charge in [0.1, 0.15) is 11.6 Å². The van der Waals surface area contributed by atoms with E-state index >= 15 is 4.39 Å². The van der Waals surface area contributed by atoms with Gasteiger partial charge in [0.15, 0.2) is 0 Å². The van der Waals surface area contributed by atoms with Crippen molar-refractivity contribution in [1.29, 1.82) is 0 Å². The Labute approximate surface area is 210 Å². The highest BCUT2D eigenvalue weighted by Crippen LogP contribution is 2.50. The number of carbonyl (C=O) groups is 1. The number of benzene rings is 1. The number of likely N-dealkylation sites (N-methyl/N-ethyl adjacent to an activating group) is 2. The molecule has 10 heteroatoms. The van der Waals surface area contributed by atoms with Gasteiger partial charge < -0.3 is 24.5 Å². The van der Waals surface area contributed by atoms with E-state index in [-0.39, 0.29) is 17.3 Å². The number of carbonyl (C=O) groups excluding carboxylic acids is 1. The average molecular weight is 496 g/mol. The van der Waals surface area contributed by atoms with Gasteiger partial charge in [0.2, 0.25) is 11.9 Å². The van der Waals surface area contributed by atoms with Crippen LogP contribution in [0.15, 0.2) is 16.9 Å². The molecule has 1 amide bonds. The van der Waals surface area contributed by atoms with Gasteiger partial charge in [-0.3, -0.25) is 14.6 Å². The number of hydrogen-bond donors (Lipinski definition) is 1. The van der Waals surface area contributed by atoms with E-state index < -0.39 is 5.41 Å². The Morgan fingerprint density at radius 1 is 0.944 bits per heavy atom. The van der Waals surface area contributed by atoms with Crippen molar-refractivity contribution in [2.75, 3.05) is 86.6 Å². The highest BCUT2D eigenvalue weighted by atomic mass is 19.1. The first-order valence-electron chi connectivity index (χ1n) is 12.9. The van der Waals surface area contributed by atoms with E-state index in [1.807, 2.05) is 22.9 Å². The molecule has 192 valence electrons. The molecule has 0 radical (unpaired) electrons. The van der Waals surface area contributed by atoms with Gasteiger partial charge >= 0.3 is 0 Å². The molecule has 6 rings (SSSR count). The van der Waals surface area contributed by atoms with Gasteiger partial charge in [-0.25, -0.2) is 4.39 Å². The number of fused-ring (bicyclic) bond motifs is 3. The summed E-state index contributed by atoms with van der Waals surface area (Å²) in [6, 6.07) is 3.60. The number of aromatic nitrogens is 2. The molecular weight excluding hydrogens is 461 g/mol. The van der Waals surface area contributed by atoms with Gasteiger partial charge in [-0.1, -0.05) is 0 Å². The van der Waals surface area contributed by atoms with Crippen LogP contribution in [0.2, 0.25) is 0 Å². The van der Waals surface area contributed by atoms with Gasteiger partial charge in [-0.05, 0) is 44.9 Å². The minimum absolute atomic E-state index is 0.0433. The molecule has 0 atom stereocenters. The maximum Gasteiger partial charge on any atom is 0.257 e. The zero-order valence-electron chi connectivity index (χ0n) is 21.3. The van der Waals surface area contributed by atoms with E-state index in [2.05, 4.69) is 21.8 Å². The van der Waals surface area contributed by atoms with Gasteiger partial charge in [-0.15, -0.1) is 0 Å². The standard InChI is InChI=1S/C26H34FN7O2/c1-30-11-13-33(14-12-30)17-15-19(27)21-20(16-17)32(3)24(36)26(21)6-9-34(10-7-26)25-28-22-18(23(35)29-25)5-4-8-31(22)2/h15-16H,4-14H2,1-3H3,(H,28,29,35). The van der Waals surface area contributed by atoms with E-state index in [1.54, 1.807) is 18.0 Å². The van der Waals surface area contributed by atoms with Gasteiger partial charge in [-0.2, -0.15) is 4.98 Å². The number of amides is 1. The van der Waals surface area contributed by atoms with Crippen molar-refractivity contribution in [3.8, 4) is 0 Å². The minimum atomic E-state index is -0.878. The summed E-state index contributed by atoms with van der Waals surface area (Å²) in [6.07, 6.45) is 2.63. The van der Waals surface area contributed by atoms with Crippen molar-refractivity contribution in [1.82, 2.24) is 14.9 Å². The van der Waals surface area contributed by atoms with Gasteiger partial charge in [0.05, 0.1) is 16.7 Å². The summed E-state index contributed by atoms with van der Waals surface area (Å²) in [5.74, 6) is 0.935. The van der Waals surface area contributed by atoms with E-state index in [9.17, 15) is 9.59 Å². The van der Waals surface area contributed by atoms with Crippen LogP contribution >= 0.6 is 0 Å². The predicted octanol–water partition coefficient (Wildman–Crippen LogP) is 1.56. The SMILES string of the molecule is CN1CCN(c2cc(F)c3c(c2)N(C)C(=O)C32CCN(c3nc4c(c(=O)[nH]3)CCCN4C)CC2)CC1. The quantitative estimate of drug-likeness (QED) is 0.678. The van der Waals surface area contributed by atoms with Crippen LogP contribution in [0.4, 0.5) is 27.5 Å². The Bertz CT molecular complexity index is 1260. The van der Waals surface area contributed by atoms with Crippen LogP contribution in [-0.2, 0) is 16.6 Å². The molecule has 1 N–H and O–H groups in total. The lowest BCUT2D eigenvalue weighted by Gasteiger charge is -2.39. The van der Waals surface area contributed by atoms with Crippen molar-refractivity contribution < 1.29 is 9.18 Å². The fraction of sp³-hybridized carbons (Fsp3) is 0.577. The average Bonchev–Trinajstić information content (AvgIpc) is 3.07. The van der Waals surface area contributed by atoms with E-state index in [4.69, 9.17) is 4.98 Å². The maximum atomic E-state index is 15.8. The molecule has 5 heterocycles. The summed E-state index contributed by atoms with van der Waals surface area (Å²) in [6.45, 7) is 5.46. The Hall–Kier alpha value is -3.14. The number of nitrogens with one attached hydrogen (secondary N) is 1. The molecular formula is C26H34FN7O2. The smallest absolute Gasteiger partial charge is 0.257 e. The van der Waals surface area contributed by atoms with Gasteiger partial charge in [0, 0.05) is 71.2 Å². The van der Waals surface area contributed by atoms with E-state index in [0.29, 0.717) is 43.1 Å². The number of halogens is 1. The second-order valence-corrected chi connectivity index (χ2v) is 10.8. The number of hydrogen-bond acceptors (Lipinski definition) is 7. The van der Waals surface area contributed by atoms with Crippen LogP contribution < -0.4 is 25.2 Å². The zero-order valence-corrected chi connectivity index (χ0v) is 21.3. The molecule has 0 saturated carbocycles. The van der Waals surface area contributed by atoms with Crippen molar-refractivity contribution in [3.05, 3.63) is 39.4 Å². The van der Waals surface area contributed by atoms with Crippen molar-refractivity contribution in [3.63, 3.8) is 0 Å². The second kappa shape index (κ2) is 8.47. The summed E-state index contributed by atoms with van der Waals surface area (Å²) >= 11 is 0. The number of anilines is 4. The van der Waals surface area contributed by atoms with Crippen molar-refractivity contribution >= 4 is 29.0 Å². The third-order valence-corrected chi connectivity index (χ3v) is 8.66. The molecule has 9 nitrogen and oxygen atoms in total. The van der Waals surface area contributed by atoms with Crippen LogP contribution in [0.1, 0.15) is 30.4 Å². The number of piperidine rings is 1. The molecule has 0 unspecified atom stereocenters. The van der Waals surface area contributed by atoms with Crippen LogP contribution in [0.25, 0.3) is 0 Å². The first kappa shape index (κ1) is 23.3. The third kappa shape index (κ3) is 3.48. The van der Waals surface area contributed by atoms with Crippen LogP contribution in [-0.4, -0.2) is 87.7 Å². The summed E-state index contributed by atoms with van der Waals surface area (Å²) in [7, 11) is 5.81. The minimum Gasteiger partial charge on any atom is -0.369 e. The molecule has 0 aliphatic carbocycles. The van der Waals surface area contributed by atoms with Crippen LogP contribution in [0.5, 0.6) is 0 Å². The molecule has 0 bridgehead atoms. The zero-order chi connectivity index (χ0) is 25.2. The summed E-state index contributed by atoms with van der Waals surface area (Å²) in [5, 5.41) is 0. The first-order valence-corrected chi connectivity index (χ1v) is 12.9. The van der Waals surface area contributed by atoms with Crippen molar-refractivity contribution in [2.24, 2.45) is 0 Å². The molecule has 36 heavy (non-hydrogen) atoms. The Kier molecular flexibility index (Phi) is 5.47. The number of nitrogens with zero attached hydrogens (tertiary/aromatic N) is 6. The number of H-pyrrole nitrogens is 1. The number of aromatic amines is 1. The Balaban J connectivity index is 1.28. The molecule has 1 spiro atoms. The summed E-state index contributed by atoms with van der Waals surface area (Å²) in [4.78, 5) is 44.2. The topological polar surface area (TPSA) is 79.0 Å². The van der Waals surface area contributed by atoms with Crippen LogP contribution in [0, 0.1) is 5.82 Å². The molecule has 2 aromatic rings. The molecule has 1 aromatic carbocycles. The monoisotopic (exact) mass is 495 g/mol. The molecule has 2 fully saturated rings. The fourth-order valence-corrected chi connectivity index (χ4v) is 6.43. The third-order valence-electron chi connectivity index (χ3n) is 8.66. The number of piperazine rings is 1. The molecule has 4 aliphatic heterocycles. The van der Waals surface area contributed by atoms with E-state index in [0.717, 1.165) is 62.6 Å². The second-order valence-electron chi connectivity index (χ2n) is 10.8. The highest BCUT2D eigenvalue weighted by molar-refractivity contribution is 6.08. The van der Waals surface area contributed by atoms with Crippen molar-refractivity contribution in [2.45, 2.75) is 31.1 Å². The van der Waals surface area contributed by atoms with E-state index in [1.165, 1.54) is 0 Å². The number of rotatable bonds is 2. The van der Waals surface area contributed by atoms with Gasteiger partial charge in [0.25, 0.3) is 5.56 Å². The Morgan fingerprint density at radius 3 is 2.39 bits per heavy atom.